The van der Waals surface area contributed by atoms with Crippen molar-refractivity contribution in [3.05, 3.63) is 23.8 Å². The van der Waals surface area contributed by atoms with Crippen molar-refractivity contribution in [2.45, 2.75) is 26.7 Å². The van der Waals surface area contributed by atoms with E-state index in [4.69, 9.17) is 14.2 Å². The number of hydrogen-bond donors (Lipinski definition) is 2. The SMILES string of the molecule is CCOc1ccc(CCNC(=NC)NCC2CCOC2)cc1OCC.I. The minimum Gasteiger partial charge on any atom is -0.490 e. The van der Waals surface area contributed by atoms with Gasteiger partial charge in [0.15, 0.2) is 17.5 Å². The maximum Gasteiger partial charge on any atom is 0.190 e. The second-order valence-corrected chi connectivity index (χ2v) is 6.01. The fourth-order valence-electron chi connectivity index (χ4n) is 2.78. The van der Waals surface area contributed by atoms with Gasteiger partial charge in [-0.15, -0.1) is 24.0 Å². The number of ether oxygens (including phenoxy) is 3. The van der Waals surface area contributed by atoms with Gasteiger partial charge >= 0.3 is 0 Å². The number of nitrogens with zero attached hydrogens (tertiary/aromatic N) is 1. The van der Waals surface area contributed by atoms with Crippen molar-refractivity contribution in [2.24, 2.45) is 10.9 Å². The number of halogens is 1. The van der Waals surface area contributed by atoms with Crippen LogP contribution in [0.3, 0.4) is 0 Å². The highest BCUT2D eigenvalue weighted by Crippen LogP contribution is 2.28. The summed E-state index contributed by atoms with van der Waals surface area (Å²) in [6.07, 6.45) is 2.01. The lowest BCUT2D eigenvalue weighted by atomic mass is 10.1. The Morgan fingerprint density at radius 3 is 2.62 bits per heavy atom. The molecule has 0 spiro atoms. The third-order valence-electron chi connectivity index (χ3n) is 4.12. The lowest BCUT2D eigenvalue weighted by Crippen LogP contribution is -2.40. The van der Waals surface area contributed by atoms with Crippen LogP contribution in [0.4, 0.5) is 0 Å². The van der Waals surface area contributed by atoms with Gasteiger partial charge in [0.05, 0.1) is 19.8 Å². The van der Waals surface area contributed by atoms with E-state index in [1.807, 2.05) is 19.9 Å². The second-order valence-electron chi connectivity index (χ2n) is 6.01. The van der Waals surface area contributed by atoms with Crippen LogP contribution in [0.1, 0.15) is 25.8 Å². The molecule has 1 unspecified atom stereocenters. The average Bonchev–Trinajstić information content (AvgIpc) is 3.14. The van der Waals surface area contributed by atoms with Gasteiger partial charge < -0.3 is 24.8 Å². The first kappa shape index (κ1) is 22.8. The molecule has 0 aliphatic carbocycles. The molecular formula is C19H32IN3O3. The van der Waals surface area contributed by atoms with Gasteiger partial charge in [-0.3, -0.25) is 4.99 Å². The maximum atomic E-state index is 5.68. The van der Waals surface area contributed by atoms with E-state index >= 15 is 0 Å². The van der Waals surface area contributed by atoms with Crippen molar-refractivity contribution in [3.63, 3.8) is 0 Å². The van der Waals surface area contributed by atoms with Crippen LogP contribution in [0.15, 0.2) is 23.2 Å². The van der Waals surface area contributed by atoms with Gasteiger partial charge in [-0.25, -0.2) is 0 Å². The molecule has 2 N–H and O–H groups in total. The summed E-state index contributed by atoms with van der Waals surface area (Å²) in [4.78, 5) is 4.27. The van der Waals surface area contributed by atoms with Gasteiger partial charge in [-0.05, 0) is 44.4 Å². The molecular weight excluding hydrogens is 445 g/mol. The Labute approximate surface area is 174 Å². The van der Waals surface area contributed by atoms with E-state index in [1.54, 1.807) is 7.05 Å². The van der Waals surface area contributed by atoms with Crippen LogP contribution in [0, 0.1) is 5.92 Å². The van der Waals surface area contributed by atoms with Gasteiger partial charge in [-0.2, -0.15) is 0 Å². The first-order valence-electron chi connectivity index (χ1n) is 9.17. The van der Waals surface area contributed by atoms with Gasteiger partial charge in [0.2, 0.25) is 0 Å². The smallest absolute Gasteiger partial charge is 0.190 e. The normalized spacial score (nSPS) is 16.7. The molecule has 1 atom stereocenters. The van der Waals surface area contributed by atoms with Crippen molar-refractivity contribution in [1.29, 1.82) is 0 Å². The van der Waals surface area contributed by atoms with Gasteiger partial charge in [0.25, 0.3) is 0 Å². The zero-order valence-corrected chi connectivity index (χ0v) is 18.4. The molecule has 1 saturated heterocycles. The molecule has 1 aromatic carbocycles. The Morgan fingerprint density at radius 2 is 1.96 bits per heavy atom. The Hall–Kier alpha value is -1.22. The van der Waals surface area contributed by atoms with Crippen LogP contribution in [0.2, 0.25) is 0 Å². The summed E-state index contributed by atoms with van der Waals surface area (Å²) in [6, 6.07) is 6.13. The quantitative estimate of drug-likeness (QED) is 0.326. The molecule has 0 saturated carbocycles. The van der Waals surface area contributed by atoms with Crippen molar-refractivity contribution in [2.75, 3.05) is 46.6 Å². The highest BCUT2D eigenvalue weighted by atomic mass is 127. The molecule has 6 nitrogen and oxygen atoms in total. The van der Waals surface area contributed by atoms with Gasteiger partial charge in [0.1, 0.15) is 0 Å². The average molecular weight is 477 g/mol. The van der Waals surface area contributed by atoms with Crippen molar-refractivity contribution < 1.29 is 14.2 Å². The minimum atomic E-state index is 0. The monoisotopic (exact) mass is 477 g/mol. The third-order valence-corrected chi connectivity index (χ3v) is 4.12. The molecule has 26 heavy (non-hydrogen) atoms. The summed E-state index contributed by atoms with van der Waals surface area (Å²) < 4.78 is 16.7. The summed E-state index contributed by atoms with van der Waals surface area (Å²) in [5.41, 5.74) is 1.21. The molecule has 0 bridgehead atoms. The highest BCUT2D eigenvalue weighted by molar-refractivity contribution is 14.0. The summed E-state index contributed by atoms with van der Waals surface area (Å²) in [5.74, 6) is 3.03. The van der Waals surface area contributed by atoms with E-state index in [9.17, 15) is 0 Å². The summed E-state index contributed by atoms with van der Waals surface area (Å²) in [6.45, 7) is 8.64. The minimum absolute atomic E-state index is 0. The van der Waals surface area contributed by atoms with Crippen LogP contribution >= 0.6 is 24.0 Å². The maximum absolute atomic E-state index is 5.68. The number of guanidine groups is 1. The Balaban J connectivity index is 0.00000338. The zero-order chi connectivity index (χ0) is 17.9. The Morgan fingerprint density at radius 1 is 1.19 bits per heavy atom. The van der Waals surface area contributed by atoms with E-state index in [2.05, 4.69) is 27.8 Å². The van der Waals surface area contributed by atoms with E-state index in [-0.39, 0.29) is 24.0 Å². The summed E-state index contributed by atoms with van der Waals surface area (Å²) in [7, 11) is 1.80. The molecule has 1 aliphatic heterocycles. The Bertz CT molecular complexity index is 549. The highest BCUT2D eigenvalue weighted by Gasteiger charge is 2.15. The topological polar surface area (TPSA) is 64.1 Å². The second kappa shape index (κ2) is 13.0. The predicted molar refractivity (Wildman–Crippen MR) is 116 cm³/mol. The van der Waals surface area contributed by atoms with E-state index in [0.29, 0.717) is 19.1 Å². The van der Waals surface area contributed by atoms with Crippen LogP contribution in [-0.4, -0.2) is 52.5 Å². The number of rotatable bonds is 9. The molecule has 7 heteroatoms. The molecule has 2 rings (SSSR count). The standard InChI is InChI=1S/C19H31N3O3.HI/c1-4-24-17-7-6-15(12-18(17)25-5-2)8-10-21-19(20-3)22-13-16-9-11-23-14-16;/h6-7,12,16H,4-5,8-11,13-14H2,1-3H3,(H2,20,21,22);1H. The van der Waals surface area contributed by atoms with E-state index in [0.717, 1.165) is 56.6 Å². The number of benzene rings is 1. The van der Waals surface area contributed by atoms with Crippen molar-refractivity contribution in [3.8, 4) is 11.5 Å². The van der Waals surface area contributed by atoms with Crippen LogP contribution in [-0.2, 0) is 11.2 Å². The van der Waals surface area contributed by atoms with Crippen LogP contribution < -0.4 is 20.1 Å². The first-order chi connectivity index (χ1) is 12.3. The fraction of sp³-hybridized carbons (Fsp3) is 0.632. The summed E-state index contributed by atoms with van der Waals surface area (Å²) in [5, 5.41) is 6.73. The molecule has 1 heterocycles. The Kier molecular flexibility index (Phi) is 11.4. The lowest BCUT2D eigenvalue weighted by Gasteiger charge is -2.15. The fourth-order valence-corrected chi connectivity index (χ4v) is 2.78. The zero-order valence-electron chi connectivity index (χ0n) is 16.0. The van der Waals surface area contributed by atoms with E-state index < -0.39 is 0 Å². The molecule has 0 amide bonds. The van der Waals surface area contributed by atoms with Crippen LogP contribution in [0.25, 0.3) is 0 Å². The van der Waals surface area contributed by atoms with Gasteiger partial charge in [0, 0.05) is 32.7 Å². The molecule has 1 aliphatic rings. The largest absolute Gasteiger partial charge is 0.490 e. The molecule has 1 fully saturated rings. The van der Waals surface area contributed by atoms with Crippen LogP contribution in [0.5, 0.6) is 11.5 Å². The lowest BCUT2D eigenvalue weighted by molar-refractivity contribution is 0.186. The van der Waals surface area contributed by atoms with E-state index in [1.165, 1.54) is 5.56 Å². The van der Waals surface area contributed by atoms with Crippen molar-refractivity contribution in [1.82, 2.24) is 10.6 Å². The summed E-state index contributed by atoms with van der Waals surface area (Å²) >= 11 is 0. The first-order valence-corrected chi connectivity index (χ1v) is 9.17. The number of nitrogens with one attached hydrogen (secondary N) is 2. The molecule has 148 valence electrons. The molecule has 1 aromatic rings. The number of hydrogen-bond acceptors (Lipinski definition) is 4. The van der Waals surface area contributed by atoms with Crippen molar-refractivity contribution >= 4 is 29.9 Å². The molecule has 0 radical (unpaired) electrons. The number of aliphatic imine (C=N–C) groups is 1. The predicted octanol–water partition coefficient (Wildman–Crippen LogP) is 2.85. The molecule has 0 aromatic heterocycles. The third kappa shape index (κ3) is 7.57. The van der Waals surface area contributed by atoms with Gasteiger partial charge in [-0.1, -0.05) is 6.07 Å².